The van der Waals surface area contributed by atoms with Crippen molar-refractivity contribution >= 4 is 28.8 Å². The van der Waals surface area contributed by atoms with Crippen molar-refractivity contribution in [2.75, 3.05) is 11.1 Å². The molecule has 0 unspecified atom stereocenters. The van der Waals surface area contributed by atoms with Crippen molar-refractivity contribution in [3.05, 3.63) is 63.2 Å². The Hall–Kier alpha value is -3.22. The molecule has 0 atom stereocenters. The largest absolute Gasteiger partial charge is 0.396 e. The minimum absolute atomic E-state index is 0.0854. The molecule has 0 aliphatic heterocycles. The summed E-state index contributed by atoms with van der Waals surface area (Å²) in [5.41, 5.74) is 6.60. The third-order valence-corrected chi connectivity index (χ3v) is 3.97. The lowest BCUT2D eigenvalue weighted by atomic mass is 9.86. The fraction of sp³-hybridized carbons (Fsp3) is 0.263. The summed E-state index contributed by atoms with van der Waals surface area (Å²) >= 11 is 0. The van der Waals surface area contributed by atoms with Crippen LogP contribution >= 0.6 is 0 Å². The number of nitro benzene ring substituents is 1. The van der Waals surface area contributed by atoms with Gasteiger partial charge in [-0.15, -0.1) is 0 Å². The lowest BCUT2D eigenvalue weighted by Crippen LogP contribution is -2.15. The summed E-state index contributed by atoms with van der Waals surface area (Å²) in [5.74, 6) is -0.958. The third kappa shape index (κ3) is 3.88. The summed E-state index contributed by atoms with van der Waals surface area (Å²) in [7, 11) is 0. The fourth-order valence-electron chi connectivity index (χ4n) is 2.56. The molecule has 2 rings (SSSR count). The number of carbonyl (C=O) groups excluding carboxylic acids is 2. The zero-order valence-electron chi connectivity index (χ0n) is 15.1. The zero-order valence-corrected chi connectivity index (χ0v) is 15.1. The molecule has 7 heteroatoms. The molecule has 0 spiro atoms. The van der Waals surface area contributed by atoms with E-state index in [4.69, 9.17) is 5.73 Å². The Morgan fingerprint density at radius 3 is 2.12 bits per heavy atom. The maximum atomic E-state index is 12.9. The van der Waals surface area contributed by atoms with Gasteiger partial charge in [0.25, 0.3) is 5.69 Å². The van der Waals surface area contributed by atoms with Gasteiger partial charge in [0.05, 0.1) is 16.3 Å². The van der Waals surface area contributed by atoms with E-state index in [1.54, 1.807) is 12.1 Å². The molecule has 0 saturated heterocycles. The second-order valence-corrected chi connectivity index (χ2v) is 7.02. The number of benzene rings is 2. The van der Waals surface area contributed by atoms with Gasteiger partial charge in [-0.25, -0.2) is 0 Å². The second kappa shape index (κ2) is 6.95. The topological polar surface area (TPSA) is 115 Å². The van der Waals surface area contributed by atoms with Gasteiger partial charge < -0.3 is 11.1 Å². The number of hydrogen-bond donors (Lipinski definition) is 2. The van der Waals surface area contributed by atoms with E-state index in [9.17, 15) is 19.7 Å². The average Bonchev–Trinajstić information content (AvgIpc) is 2.54. The van der Waals surface area contributed by atoms with Crippen molar-refractivity contribution < 1.29 is 14.5 Å². The monoisotopic (exact) mass is 355 g/mol. The van der Waals surface area contributed by atoms with Crippen LogP contribution in [-0.4, -0.2) is 16.6 Å². The van der Waals surface area contributed by atoms with Crippen molar-refractivity contribution in [3.63, 3.8) is 0 Å². The standard InChI is InChI=1S/C19H21N3O4/c1-11(23)21-14-9-10-15(22(25)26)16(17(14)20)18(24)12-5-7-13(8-6-12)19(2,3)4/h5-10H,20H2,1-4H3,(H,21,23). The molecule has 0 radical (unpaired) electrons. The first-order valence-corrected chi connectivity index (χ1v) is 8.02. The maximum absolute atomic E-state index is 12.9. The number of ketones is 1. The molecule has 0 fully saturated rings. The summed E-state index contributed by atoms with van der Waals surface area (Å²) in [6.45, 7) is 7.42. The highest BCUT2D eigenvalue weighted by Crippen LogP contribution is 2.33. The van der Waals surface area contributed by atoms with E-state index in [0.29, 0.717) is 0 Å². The van der Waals surface area contributed by atoms with Crippen LogP contribution in [0.2, 0.25) is 0 Å². The first kappa shape index (κ1) is 19.1. The van der Waals surface area contributed by atoms with Crippen LogP contribution in [0, 0.1) is 10.1 Å². The molecule has 136 valence electrons. The Balaban J connectivity index is 2.56. The Morgan fingerprint density at radius 1 is 1.08 bits per heavy atom. The Morgan fingerprint density at radius 2 is 1.65 bits per heavy atom. The summed E-state index contributed by atoms with van der Waals surface area (Å²) in [6.07, 6.45) is 0. The van der Waals surface area contributed by atoms with Gasteiger partial charge in [0.1, 0.15) is 5.56 Å². The lowest BCUT2D eigenvalue weighted by Gasteiger charge is -2.19. The molecular weight excluding hydrogens is 334 g/mol. The first-order chi connectivity index (χ1) is 12.0. The molecule has 2 aromatic carbocycles. The minimum Gasteiger partial charge on any atom is -0.396 e. The zero-order chi connectivity index (χ0) is 19.6. The number of anilines is 2. The van der Waals surface area contributed by atoms with Crippen molar-refractivity contribution in [1.82, 2.24) is 0 Å². The van der Waals surface area contributed by atoms with E-state index < -0.39 is 22.3 Å². The van der Waals surface area contributed by atoms with Crippen molar-refractivity contribution in [1.29, 1.82) is 0 Å². The summed E-state index contributed by atoms with van der Waals surface area (Å²) in [6, 6.07) is 9.35. The Kier molecular flexibility index (Phi) is 5.11. The van der Waals surface area contributed by atoms with E-state index in [0.717, 1.165) is 5.56 Å². The third-order valence-electron chi connectivity index (χ3n) is 3.97. The molecule has 3 N–H and O–H groups in total. The van der Waals surface area contributed by atoms with Crippen LogP contribution in [0.4, 0.5) is 17.1 Å². The van der Waals surface area contributed by atoms with E-state index in [-0.39, 0.29) is 27.9 Å². The number of amides is 1. The molecule has 0 bridgehead atoms. The van der Waals surface area contributed by atoms with Gasteiger partial charge in [-0.3, -0.25) is 19.7 Å². The predicted octanol–water partition coefficient (Wildman–Crippen LogP) is 3.66. The summed E-state index contributed by atoms with van der Waals surface area (Å²) in [4.78, 5) is 34.9. The molecule has 0 aliphatic rings. The van der Waals surface area contributed by atoms with Crippen LogP contribution in [0.5, 0.6) is 0 Å². The van der Waals surface area contributed by atoms with E-state index >= 15 is 0 Å². The summed E-state index contributed by atoms with van der Waals surface area (Å²) < 4.78 is 0. The van der Waals surface area contributed by atoms with Gasteiger partial charge in [-0.2, -0.15) is 0 Å². The summed E-state index contributed by atoms with van der Waals surface area (Å²) in [5, 5.41) is 13.8. The quantitative estimate of drug-likeness (QED) is 0.376. The van der Waals surface area contributed by atoms with Crippen LogP contribution in [0.1, 0.15) is 49.2 Å². The van der Waals surface area contributed by atoms with Crippen LogP contribution in [0.25, 0.3) is 0 Å². The molecule has 0 saturated carbocycles. The van der Waals surface area contributed by atoms with Gasteiger partial charge in [0.2, 0.25) is 11.7 Å². The smallest absolute Gasteiger partial charge is 0.282 e. The van der Waals surface area contributed by atoms with E-state index in [1.165, 1.54) is 19.1 Å². The number of nitrogens with zero attached hydrogens (tertiary/aromatic N) is 1. The molecule has 7 nitrogen and oxygen atoms in total. The SMILES string of the molecule is CC(=O)Nc1ccc([N+](=O)[O-])c(C(=O)c2ccc(C(C)(C)C)cc2)c1N. The van der Waals surface area contributed by atoms with Crippen molar-refractivity contribution in [2.24, 2.45) is 0 Å². The normalized spacial score (nSPS) is 11.1. The highest BCUT2D eigenvalue weighted by Gasteiger charge is 2.27. The minimum atomic E-state index is -0.662. The first-order valence-electron chi connectivity index (χ1n) is 8.02. The van der Waals surface area contributed by atoms with Crippen LogP contribution in [-0.2, 0) is 10.2 Å². The highest BCUT2D eigenvalue weighted by atomic mass is 16.6. The molecule has 2 aromatic rings. The van der Waals surface area contributed by atoms with Crippen LogP contribution in [0.3, 0.4) is 0 Å². The van der Waals surface area contributed by atoms with Crippen LogP contribution in [0.15, 0.2) is 36.4 Å². The maximum Gasteiger partial charge on any atom is 0.282 e. The van der Waals surface area contributed by atoms with Gasteiger partial charge >= 0.3 is 0 Å². The lowest BCUT2D eigenvalue weighted by molar-refractivity contribution is -0.385. The van der Waals surface area contributed by atoms with Crippen molar-refractivity contribution in [2.45, 2.75) is 33.1 Å². The molecule has 0 heterocycles. The Bertz CT molecular complexity index is 881. The fourth-order valence-corrected chi connectivity index (χ4v) is 2.56. The van der Waals surface area contributed by atoms with Gasteiger partial charge in [-0.05, 0) is 17.0 Å². The predicted molar refractivity (Wildman–Crippen MR) is 100 cm³/mol. The molecule has 0 aromatic heterocycles. The number of nitrogen functional groups attached to an aromatic ring is 1. The van der Waals surface area contributed by atoms with Crippen LogP contribution < -0.4 is 11.1 Å². The van der Waals surface area contributed by atoms with Gasteiger partial charge in [0, 0.05) is 18.6 Å². The number of nitrogens with one attached hydrogen (secondary N) is 1. The molecule has 0 aliphatic carbocycles. The van der Waals surface area contributed by atoms with E-state index in [1.807, 2.05) is 32.9 Å². The second-order valence-electron chi connectivity index (χ2n) is 7.02. The molecule has 1 amide bonds. The number of hydrogen-bond acceptors (Lipinski definition) is 5. The number of nitrogens with two attached hydrogens (primary N) is 1. The van der Waals surface area contributed by atoms with Crippen molar-refractivity contribution in [3.8, 4) is 0 Å². The molecular formula is C19H21N3O4. The number of rotatable bonds is 4. The van der Waals surface area contributed by atoms with Gasteiger partial charge in [0.15, 0.2) is 0 Å². The Labute approximate surface area is 151 Å². The van der Waals surface area contributed by atoms with E-state index in [2.05, 4.69) is 5.32 Å². The highest BCUT2D eigenvalue weighted by molar-refractivity contribution is 6.16. The number of nitro groups is 1. The average molecular weight is 355 g/mol. The molecule has 26 heavy (non-hydrogen) atoms. The van der Waals surface area contributed by atoms with Gasteiger partial charge in [-0.1, -0.05) is 45.0 Å². The number of carbonyl (C=O) groups is 2.